The largest absolute Gasteiger partial charge is 0.486 e. The van der Waals surface area contributed by atoms with E-state index in [1.165, 1.54) is 0 Å². The third-order valence-electron chi connectivity index (χ3n) is 4.48. The van der Waals surface area contributed by atoms with Crippen LogP contribution in [-0.2, 0) is 7.05 Å². The summed E-state index contributed by atoms with van der Waals surface area (Å²) in [5, 5.41) is 0. The van der Waals surface area contributed by atoms with Crippen LogP contribution in [0.5, 0.6) is 11.5 Å². The molecule has 6 heteroatoms. The van der Waals surface area contributed by atoms with E-state index in [-0.39, 0.29) is 11.9 Å². The number of fused-ring (bicyclic) bond motifs is 1. The number of imidazole rings is 1. The zero-order valence-electron chi connectivity index (χ0n) is 13.1. The van der Waals surface area contributed by atoms with Gasteiger partial charge in [-0.1, -0.05) is 6.07 Å². The number of aromatic nitrogens is 2. The number of likely N-dealkylation sites (tertiary alicyclic amines) is 1. The molecule has 23 heavy (non-hydrogen) atoms. The second-order valence-corrected chi connectivity index (χ2v) is 5.92. The minimum Gasteiger partial charge on any atom is -0.486 e. The Morgan fingerprint density at radius 3 is 2.87 bits per heavy atom. The molecule has 6 nitrogen and oxygen atoms in total. The summed E-state index contributed by atoms with van der Waals surface area (Å²) in [6.07, 6.45) is 5.40. The molecule has 0 aliphatic carbocycles. The summed E-state index contributed by atoms with van der Waals surface area (Å²) >= 11 is 0. The van der Waals surface area contributed by atoms with Gasteiger partial charge in [0.25, 0.3) is 5.91 Å². The van der Waals surface area contributed by atoms with Crippen molar-refractivity contribution in [1.82, 2.24) is 14.5 Å². The summed E-state index contributed by atoms with van der Waals surface area (Å²) < 4.78 is 13.0. The van der Waals surface area contributed by atoms with Gasteiger partial charge in [-0.25, -0.2) is 4.98 Å². The molecule has 2 aliphatic heterocycles. The Balaban J connectivity index is 1.63. The molecule has 4 rings (SSSR count). The molecule has 0 N–H and O–H groups in total. The Morgan fingerprint density at radius 2 is 2.09 bits per heavy atom. The van der Waals surface area contributed by atoms with Gasteiger partial charge in [0.1, 0.15) is 13.2 Å². The molecular weight excluding hydrogens is 294 g/mol. The van der Waals surface area contributed by atoms with E-state index in [4.69, 9.17) is 9.47 Å². The highest BCUT2D eigenvalue weighted by Gasteiger charge is 2.32. The Kier molecular flexibility index (Phi) is 3.44. The molecule has 1 unspecified atom stereocenters. The fourth-order valence-corrected chi connectivity index (χ4v) is 3.32. The first-order valence-electron chi connectivity index (χ1n) is 7.92. The average Bonchev–Trinajstić information content (AvgIpc) is 3.22. The lowest BCUT2D eigenvalue weighted by Gasteiger charge is -2.26. The number of carbonyl (C=O) groups excluding carboxylic acids is 1. The quantitative estimate of drug-likeness (QED) is 0.852. The number of benzene rings is 1. The Bertz CT molecular complexity index is 740. The maximum atomic E-state index is 12.8. The van der Waals surface area contributed by atoms with Crippen LogP contribution < -0.4 is 9.47 Å². The number of hydrogen-bond acceptors (Lipinski definition) is 4. The monoisotopic (exact) mass is 313 g/mol. The van der Waals surface area contributed by atoms with Crippen LogP contribution in [0, 0.1) is 0 Å². The van der Waals surface area contributed by atoms with E-state index in [0.29, 0.717) is 19.0 Å². The maximum absolute atomic E-state index is 12.8. The first-order chi connectivity index (χ1) is 11.2. The smallest absolute Gasteiger partial charge is 0.290 e. The Hall–Kier alpha value is -2.50. The third kappa shape index (κ3) is 2.44. The molecule has 0 saturated carbocycles. The van der Waals surface area contributed by atoms with Crippen molar-refractivity contribution in [1.29, 1.82) is 0 Å². The van der Waals surface area contributed by atoms with Crippen LogP contribution in [0.4, 0.5) is 0 Å². The van der Waals surface area contributed by atoms with Crippen LogP contribution in [0.2, 0.25) is 0 Å². The SMILES string of the molecule is Cn1ccnc1C(=O)N1CCCC1c1ccc2c(c1)OCCO2. The minimum absolute atomic E-state index is 0.0186. The molecule has 0 spiro atoms. The predicted molar refractivity (Wildman–Crippen MR) is 83.7 cm³/mol. The molecule has 1 saturated heterocycles. The zero-order valence-corrected chi connectivity index (χ0v) is 13.1. The molecular formula is C17H19N3O3. The second-order valence-electron chi connectivity index (χ2n) is 5.92. The van der Waals surface area contributed by atoms with E-state index in [0.717, 1.165) is 36.4 Å². The van der Waals surface area contributed by atoms with Crippen LogP contribution >= 0.6 is 0 Å². The highest BCUT2D eigenvalue weighted by molar-refractivity contribution is 5.91. The normalized spacial score (nSPS) is 19.9. The Labute approximate surface area is 134 Å². The number of hydrogen-bond donors (Lipinski definition) is 0. The van der Waals surface area contributed by atoms with E-state index < -0.39 is 0 Å². The van der Waals surface area contributed by atoms with Crippen molar-refractivity contribution in [3.05, 3.63) is 42.0 Å². The van der Waals surface area contributed by atoms with Crippen molar-refractivity contribution in [2.45, 2.75) is 18.9 Å². The van der Waals surface area contributed by atoms with E-state index in [1.54, 1.807) is 17.0 Å². The number of amides is 1. The number of ether oxygens (including phenoxy) is 2. The van der Waals surface area contributed by atoms with Crippen molar-refractivity contribution in [2.75, 3.05) is 19.8 Å². The molecule has 2 aromatic rings. The maximum Gasteiger partial charge on any atom is 0.290 e. The molecule has 1 aromatic carbocycles. The summed E-state index contributed by atoms with van der Waals surface area (Å²) in [5.74, 6) is 2.01. The second kappa shape index (κ2) is 5.61. The van der Waals surface area contributed by atoms with E-state index in [2.05, 4.69) is 4.98 Å². The van der Waals surface area contributed by atoms with Crippen molar-refractivity contribution in [3.8, 4) is 11.5 Å². The first-order valence-corrected chi connectivity index (χ1v) is 7.92. The minimum atomic E-state index is -0.0186. The molecule has 1 aromatic heterocycles. The van der Waals surface area contributed by atoms with Gasteiger partial charge in [-0.3, -0.25) is 4.79 Å². The van der Waals surface area contributed by atoms with Crippen molar-refractivity contribution < 1.29 is 14.3 Å². The molecule has 0 bridgehead atoms. The van der Waals surface area contributed by atoms with Crippen LogP contribution in [0.25, 0.3) is 0 Å². The van der Waals surface area contributed by atoms with Gasteiger partial charge in [0.2, 0.25) is 0 Å². The van der Waals surface area contributed by atoms with E-state index in [1.807, 2.05) is 30.1 Å². The molecule has 1 amide bonds. The molecule has 3 heterocycles. The van der Waals surface area contributed by atoms with Crippen LogP contribution in [0.3, 0.4) is 0 Å². The standard InChI is InChI=1S/C17H19N3O3/c1-19-8-6-18-16(19)17(21)20-7-2-3-13(20)12-4-5-14-15(11-12)23-10-9-22-14/h4-6,8,11,13H,2-3,7,9-10H2,1H3. The number of rotatable bonds is 2. The lowest BCUT2D eigenvalue weighted by atomic mass is 10.0. The van der Waals surface area contributed by atoms with Gasteiger partial charge < -0.3 is 18.9 Å². The highest BCUT2D eigenvalue weighted by Crippen LogP contribution is 2.38. The summed E-state index contributed by atoms with van der Waals surface area (Å²) in [7, 11) is 1.84. The van der Waals surface area contributed by atoms with Crippen LogP contribution in [-0.4, -0.2) is 40.1 Å². The third-order valence-corrected chi connectivity index (χ3v) is 4.48. The van der Waals surface area contributed by atoms with Gasteiger partial charge in [0.15, 0.2) is 17.3 Å². The Morgan fingerprint density at radius 1 is 1.26 bits per heavy atom. The van der Waals surface area contributed by atoms with Crippen molar-refractivity contribution in [2.24, 2.45) is 7.05 Å². The number of nitrogens with zero attached hydrogens (tertiary/aromatic N) is 3. The summed E-state index contributed by atoms with van der Waals surface area (Å²) in [5.41, 5.74) is 1.09. The molecule has 1 fully saturated rings. The molecule has 0 radical (unpaired) electrons. The lowest BCUT2D eigenvalue weighted by Crippen LogP contribution is -2.32. The van der Waals surface area contributed by atoms with E-state index in [9.17, 15) is 4.79 Å². The average molecular weight is 313 g/mol. The first kappa shape index (κ1) is 14.1. The summed E-state index contributed by atoms with van der Waals surface area (Å²) in [6, 6.07) is 6.03. The van der Waals surface area contributed by atoms with Crippen molar-refractivity contribution >= 4 is 5.91 Å². The van der Waals surface area contributed by atoms with Crippen molar-refractivity contribution in [3.63, 3.8) is 0 Å². The summed E-state index contributed by atoms with van der Waals surface area (Å²) in [4.78, 5) is 18.9. The highest BCUT2D eigenvalue weighted by atomic mass is 16.6. The topological polar surface area (TPSA) is 56.6 Å². The molecule has 2 aliphatic rings. The predicted octanol–water partition coefficient (Wildman–Crippen LogP) is 2.17. The van der Waals surface area contributed by atoms with Gasteiger partial charge in [0.05, 0.1) is 6.04 Å². The fourth-order valence-electron chi connectivity index (χ4n) is 3.32. The van der Waals surface area contributed by atoms with E-state index >= 15 is 0 Å². The number of carbonyl (C=O) groups is 1. The van der Waals surface area contributed by atoms with Crippen LogP contribution in [0.15, 0.2) is 30.6 Å². The van der Waals surface area contributed by atoms with Gasteiger partial charge in [-0.2, -0.15) is 0 Å². The van der Waals surface area contributed by atoms with Gasteiger partial charge >= 0.3 is 0 Å². The van der Waals surface area contributed by atoms with Gasteiger partial charge in [0, 0.05) is 26.0 Å². The van der Waals surface area contributed by atoms with Crippen LogP contribution in [0.1, 0.15) is 35.1 Å². The lowest BCUT2D eigenvalue weighted by molar-refractivity contribution is 0.0719. The van der Waals surface area contributed by atoms with Gasteiger partial charge in [-0.05, 0) is 30.5 Å². The fraction of sp³-hybridized carbons (Fsp3) is 0.412. The molecule has 120 valence electrons. The number of aryl methyl sites for hydroxylation is 1. The van der Waals surface area contributed by atoms with Gasteiger partial charge in [-0.15, -0.1) is 0 Å². The summed E-state index contributed by atoms with van der Waals surface area (Å²) in [6.45, 7) is 1.90. The molecule has 1 atom stereocenters. The zero-order chi connectivity index (χ0) is 15.8.